The second-order valence-corrected chi connectivity index (χ2v) is 6.44. The van der Waals surface area contributed by atoms with E-state index in [1.807, 2.05) is 30.3 Å². The number of benzene rings is 2. The van der Waals surface area contributed by atoms with E-state index in [1.54, 1.807) is 42.2 Å². The van der Waals surface area contributed by atoms with Gasteiger partial charge in [0.2, 0.25) is 0 Å². The standard InChI is InChI=1S/C21H18N4O4/c1-14(19-10-16-4-2-3-5-18(16)29-19)24-20(26)11-28-21(27)15-6-8-17(9-7-15)25-13-22-12-23-25/h2-10,12-14H,11H2,1H3,(H,24,26)/t14-/m1/s1. The molecule has 1 atom stereocenters. The van der Waals surface area contributed by atoms with E-state index in [2.05, 4.69) is 15.4 Å². The van der Waals surface area contributed by atoms with Gasteiger partial charge in [-0.25, -0.2) is 14.5 Å². The van der Waals surface area contributed by atoms with Crippen LogP contribution in [0.2, 0.25) is 0 Å². The van der Waals surface area contributed by atoms with Gasteiger partial charge >= 0.3 is 5.97 Å². The van der Waals surface area contributed by atoms with Crippen molar-refractivity contribution >= 4 is 22.8 Å². The number of nitrogens with one attached hydrogen (secondary N) is 1. The zero-order valence-electron chi connectivity index (χ0n) is 15.6. The van der Waals surface area contributed by atoms with Crippen LogP contribution in [0.1, 0.15) is 29.1 Å². The summed E-state index contributed by atoms with van der Waals surface area (Å²) in [5.74, 6) is -0.359. The summed E-state index contributed by atoms with van der Waals surface area (Å²) < 4.78 is 12.4. The molecular formula is C21H18N4O4. The fourth-order valence-electron chi connectivity index (χ4n) is 2.88. The van der Waals surface area contributed by atoms with E-state index in [-0.39, 0.29) is 12.6 Å². The van der Waals surface area contributed by atoms with Crippen molar-refractivity contribution < 1.29 is 18.7 Å². The first-order valence-electron chi connectivity index (χ1n) is 9.00. The van der Waals surface area contributed by atoms with Crippen molar-refractivity contribution in [3.8, 4) is 5.69 Å². The zero-order valence-corrected chi connectivity index (χ0v) is 15.6. The van der Waals surface area contributed by atoms with Gasteiger partial charge in [-0.15, -0.1) is 0 Å². The van der Waals surface area contributed by atoms with E-state index in [4.69, 9.17) is 9.15 Å². The molecule has 1 N–H and O–H groups in total. The first-order valence-corrected chi connectivity index (χ1v) is 9.00. The Labute approximate surface area is 166 Å². The molecule has 0 spiro atoms. The topological polar surface area (TPSA) is 99.2 Å². The summed E-state index contributed by atoms with van der Waals surface area (Å²) in [6.45, 7) is 1.43. The van der Waals surface area contributed by atoms with Crippen LogP contribution < -0.4 is 5.32 Å². The highest BCUT2D eigenvalue weighted by molar-refractivity contribution is 5.91. The molecule has 146 valence electrons. The van der Waals surface area contributed by atoms with Crippen LogP contribution in [0.5, 0.6) is 0 Å². The minimum absolute atomic E-state index is 0.340. The molecule has 8 nitrogen and oxygen atoms in total. The number of para-hydroxylation sites is 1. The maximum Gasteiger partial charge on any atom is 0.338 e. The first kappa shape index (κ1) is 18.4. The van der Waals surface area contributed by atoms with Crippen molar-refractivity contribution in [1.29, 1.82) is 0 Å². The number of amides is 1. The maximum absolute atomic E-state index is 12.2. The van der Waals surface area contributed by atoms with Gasteiger partial charge in [-0.2, -0.15) is 5.10 Å². The predicted molar refractivity (Wildman–Crippen MR) is 104 cm³/mol. The molecule has 4 aromatic rings. The maximum atomic E-state index is 12.2. The SMILES string of the molecule is C[C@@H](NC(=O)COC(=O)c1ccc(-n2cncn2)cc1)c1cc2ccccc2o1. The van der Waals surface area contributed by atoms with Gasteiger partial charge in [0.15, 0.2) is 6.61 Å². The van der Waals surface area contributed by atoms with Crippen LogP contribution in [0.15, 0.2) is 71.7 Å². The highest BCUT2D eigenvalue weighted by Gasteiger charge is 2.16. The molecule has 0 bridgehead atoms. The van der Waals surface area contributed by atoms with Crippen LogP contribution >= 0.6 is 0 Å². The third kappa shape index (κ3) is 4.16. The van der Waals surface area contributed by atoms with E-state index in [0.29, 0.717) is 11.3 Å². The molecule has 0 unspecified atom stereocenters. The van der Waals surface area contributed by atoms with Crippen molar-refractivity contribution in [2.45, 2.75) is 13.0 Å². The number of rotatable bonds is 6. The van der Waals surface area contributed by atoms with Crippen LogP contribution in [0.3, 0.4) is 0 Å². The Hall–Kier alpha value is -3.94. The highest BCUT2D eigenvalue weighted by Crippen LogP contribution is 2.23. The Morgan fingerprint density at radius 3 is 2.69 bits per heavy atom. The zero-order chi connectivity index (χ0) is 20.2. The van der Waals surface area contributed by atoms with Crippen molar-refractivity contribution in [2.75, 3.05) is 6.61 Å². The number of carbonyl (C=O) groups is 2. The minimum atomic E-state index is -0.582. The number of fused-ring (bicyclic) bond motifs is 1. The molecule has 29 heavy (non-hydrogen) atoms. The Balaban J connectivity index is 1.31. The number of aromatic nitrogens is 3. The van der Waals surface area contributed by atoms with Crippen LogP contribution in [0.25, 0.3) is 16.7 Å². The molecule has 0 aliphatic rings. The fourth-order valence-corrected chi connectivity index (χ4v) is 2.88. The molecule has 2 heterocycles. The van der Waals surface area contributed by atoms with E-state index in [0.717, 1.165) is 16.7 Å². The van der Waals surface area contributed by atoms with E-state index in [1.165, 1.54) is 6.33 Å². The Kier molecular flexibility index (Phi) is 5.07. The van der Waals surface area contributed by atoms with Crippen LogP contribution in [-0.2, 0) is 9.53 Å². The first-order chi connectivity index (χ1) is 14.1. The van der Waals surface area contributed by atoms with Gasteiger partial charge in [-0.3, -0.25) is 4.79 Å². The lowest BCUT2D eigenvalue weighted by Gasteiger charge is -2.11. The molecular weight excluding hydrogens is 372 g/mol. The smallest absolute Gasteiger partial charge is 0.338 e. The molecule has 4 rings (SSSR count). The van der Waals surface area contributed by atoms with Gasteiger partial charge in [0, 0.05) is 5.39 Å². The molecule has 0 fully saturated rings. The molecule has 8 heteroatoms. The molecule has 1 amide bonds. The summed E-state index contributed by atoms with van der Waals surface area (Å²) in [5, 5.41) is 7.74. The number of nitrogens with zero attached hydrogens (tertiary/aromatic N) is 3. The van der Waals surface area contributed by atoms with Gasteiger partial charge < -0.3 is 14.5 Å². The molecule has 0 saturated heterocycles. The van der Waals surface area contributed by atoms with Gasteiger partial charge in [-0.05, 0) is 43.3 Å². The average molecular weight is 390 g/mol. The molecule has 2 aromatic carbocycles. The molecule has 2 aromatic heterocycles. The van der Waals surface area contributed by atoms with Crippen LogP contribution in [0, 0.1) is 0 Å². The highest BCUT2D eigenvalue weighted by atomic mass is 16.5. The Morgan fingerprint density at radius 2 is 1.97 bits per heavy atom. The number of carbonyl (C=O) groups excluding carboxylic acids is 2. The lowest BCUT2D eigenvalue weighted by atomic mass is 10.2. The third-order valence-corrected chi connectivity index (χ3v) is 4.37. The van der Waals surface area contributed by atoms with E-state index < -0.39 is 11.9 Å². The van der Waals surface area contributed by atoms with E-state index in [9.17, 15) is 9.59 Å². The minimum Gasteiger partial charge on any atom is -0.459 e. The predicted octanol–water partition coefficient (Wildman–Crippen LogP) is 3.05. The number of hydrogen-bond donors (Lipinski definition) is 1. The van der Waals surface area contributed by atoms with Crippen molar-refractivity contribution in [1.82, 2.24) is 20.1 Å². The number of ether oxygens (including phenoxy) is 1. The summed E-state index contributed by atoms with van der Waals surface area (Å²) in [6.07, 6.45) is 2.98. The molecule has 0 aliphatic heterocycles. The largest absolute Gasteiger partial charge is 0.459 e. The third-order valence-electron chi connectivity index (χ3n) is 4.37. The summed E-state index contributed by atoms with van der Waals surface area (Å²) in [7, 11) is 0. The molecule has 0 aliphatic carbocycles. The monoisotopic (exact) mass is 390 g/mol. The summed E-state index contributed by atoms with van der Waals surface area (Å²) in [6, 6.07) is 15.8. The number of hydrogen-bond acceptors (Lipinski definition) is 6. The Morgan fingerprint density at radius 1 is 1.17 bits per heavy atom. The molecule has 0 radical (unpaired) electrons. The normalized spacial score (nSPS) is 11.9. The van der Waals surface area contributed by atoms with Gasteiger partial charge in [-0.1, -0.05) is 18.2 Å². The summed E-state index contributed by atoms with van der Waals surface area (Å²) in [5.41, 5.74) is 1.85. The number of esters is 1. The summed E-state index contributed by atoms with van der Waals surface area (Å²) >= 11 is 0. The summed E-state index contributed by atoms with van der Waals surface area (Å²) in [4.78, 5) is 28.2. The van der Waals surface area contributed by atoms with Crippen molar-refractivity contribution in [3.05, 3.63) is 78.6 Å². The van der Waals surface area contributed by atoms with Crippen molar-refractivity contribution in [3.63, 3.8) is 0 Å². The quantitative estimate of drug-likeness (QED) is 0.508. The second-order valence-electron chi connectivity index (χ2n) is 6.44. The average Bonchev–Trinajstić information content (AvgIpc) is 3.42. The second kappa shape index (κ2) is 7.97. The molecule has 0 saturated carbocycles. The van der Waals surface area contributed by atoms with Gasteiger partial charge in [0.05, 0.1) is 17.3 Å². The Bertz CT molecular complexity index is 1100. The lowest BCUT2D eigenvalue weighted by Crippen LogP contribution is -2.31. The van der Waals surface area contributed by atoms with Gasteiger partial charge in [0.25, 0.3) is 5.91 Å². The fraction of sp³-hybridized carbons (Fsp3) is 0.143. The van der Waals surface area contributed by atoms with Gasteiger partial charge in [0.1, 0.15) is 24.0 Å². The lowest BCUT2D eigenvalue weighted by molar-refractivity contribution is -0.125. The van der Waals surface area contributed by atoms with Crippen molar-refractivity contribution in [2.24, 2.45) is 0 Å². The van der Waals surface area contributed by atoms with Crippen LogP contribution in [-0.4, -0.2) is 33.2 Å². The number of furan rings is 1. The van der Waals surface area contributed by atoms with Crippen LogP contribution in [0.4, 0.5) is 0 Å². The van der Waals surface area contributed by atoms with E-state index >= 15 is 0 Å².